The highest BCUT2D eigenvalue weighted by Crippen LogP contribution is 2.29. The topological polar surface area (TPSA) is 44.4 Å². The molecule has 0 spiro atoms. The standard InChI is InChI=1S/C23H35BrFN3O/c1-2-26-23(29)27-21-6-3-17(4-7-21)9-12-28-13-10-18(11-14-28)15-19-16-20(25)5-8-22(19)24/h5,8,16-18,21H,2-4,6-7,9-15H2,1H3,(H2,26,27,29). The van der Waals surface area contributed by atoms with Crippen molar-refractivity contribution in [3.63, 3.8) is 0 Å². The van der Waals surface area contributed by atoms with Gasteiger partial charge in [0.2, 0.25) is 0 Å². The van der Waals surface area contributed by atoms with E-state index in [9.17, 15) is 9.18 Å². The van der Waals surface area contributed by atoms with Crippen molar-refractivity contribution < 1.29 is 9.18 Å². The van der Waals surface area contributed by atoms with Gasteiger partial charge in [0, 0.05) is 17.1 Å². The van der Waals surface area contributed by atoms with Gasteiger partial charge in [-0.1, -0.05) is 15.9 Å². The lowest BCUT2D eigenvalue weighted by Gasteiger charge is -2.34. The van der Waals surface area contributed by atoms with E-state index in [1.807, 2.05) is 13.0 Å². The van der Waals surface area contributed by atoms with Crippen molar-refractivity contribution in [2.24, 2.45) is 11.8 Å². The van der Waals surface area contributed by atoms with Crippen LogP contribution in [-0.2, 0) is 6.42 Å². The highest BCUT2D eigenvalue weighted by Gasteiger charge is 2.24. The van der Waals surface area contributed by atoms with Crippen LogP contribution in [0.5, 0.6) is 0 Å². The molecule has 2 fully saturated rings. The monoisotopic (exact) mass is 467 g/mol. The second-order valence-electron chi connectivity index (χ2n) is 8.73. The lowest BCUT2D eigenvalue weighted by Crippen LogP contribution is -2.43. The van der Waals surface area contributed by atoms with Crippen LogP contribution < -0.4 is 10.6 Å². The number of amides is 2. The number of halogens is 2. The average Bonchev–Trinajstić information content (AvgIpc) is 2.71. The quantitative estimate of drug-likeness (QED) is 0.584. The maximum Gasteiger partial charge on any atom is 0.314 e. The van der Waals surface area contributed by atoms with Gasteiger partial charge in [0.25, 0.3) is 0 Å². The summed E-state index contributed by atoms with van der Waals surface area (Å²) in [6.45, 7) is 6.13. The Kier molecular flexibility index (Phi) is 8.79. The van der Waals surface area contributed by atoms with E-state index < -0.39 is 0 Å². The number of nitrogens with one attached hydrogen (secondary N) is 2. The summed E-state index contributed by atoms with van der Waals surface area (Å²) in [6, 6.07) is 5.33. The van der Waals surface area contributed by atoms with Gasteiger partial charge >= 0.3 is 6.03 Å². The molecule has 2 amide bonds. The number of carbonyl (C=O) groups is 1. The maximum absolute atomic E-state index is 13.5. The van der Waals surface area contributed by atoms with Gasteiger partial charge in [0.15, 0.2) is 0 Å². The number of rotatable bonds is 7. The fourth-order valence-electron chi connectivity index (χ4n) is 4.78. The zero-order chi connectivity index (χ0) is 20.6. The maximum atomic E-state index is 13.5. The van der Waals surface area contributed by atoms with Gasteiger partial charge in [-0.15, -0.1) is 0 Å². The van der Waals surface area contributed by atoms with Crippen molar-refractivity contribution in [3.8, 4) is 0 Å². The van der Waals surface area contributed by atoms with E-state index in [1.165, 1.54) is 44.7 Å². The molecule has 1 saturated carbocycles. The molecule has 1 saturated heterocycles. The first-order chi connectivity index (χ1) is 14.0. The molecular weight excluding hydrogens is 433 g/mol. The summed E-state index contributed by atoms with van der Waals surface area (Å²) in [5, 5.41) is 5.91. The number of carbonyl (C=O) groups excluding carboxylic acids is 1. The van der Waals surface area contributed by atoms with E-state index in [4.69, 9.17) is 0 Å². The SMILES string of the molecule is CCNC(=O)NC1CCC(CCN2CCC(Cc3cc(F)ccc3Br)CC2)CC1. The summed E-state index contributed by atoms with van der Waals surface area (Å²) < 4.78 is 14.5. The zero-order valence-corrected chi connectivity index (χ0v) is 19.1. The minimum atomic E-state index is -0.142. The minimum Gasteiger partial charge on any atom is -0.338 e. The van der Waals surface area contributed by atoms with Crippen LogP contribution in [0.2, 0.25) is 0 Å². The van der Waals surface area contributed by atoms with Gasteiger partial charge in [-0.25, -0.2) is 9.18 Å². The van der Waals surface area contributed by atoms with Crippen molar-refractivity contribution in [1.82, 2.24) is 15.5 Å². The number of hydrogen-bond donors (Lipinski definition) is 2. The lowest BCUT2D eigenvalue weighted by atomic mass is 9.83. The number of nitrogens with zero attached hydrogens (tertiary/aromatic N) is 1. The van der Waals surface area contributed by atoms with E-state index in [0.717, 1.165) is 48.3 Å². The van der Waals surface area contributed by atoms with Crippen molar-refractivity contribution in [2.45, 2.75) is 64.3 Å². The summed E-state index contributed by atoms with van der Waals surface area (Å²) in [6.07, 6.45) is 9.29. The molecule has 0 radical (unpaired) electrons. The Morgan fingerprint density at radius 1 is 1.14 bits per heavy atom. The van der Waals surface area contributed by atoms with Crippen LogP contribution >= 0.6 is 15.9 Å². The van der Waals surface area contributed by atoms with Crippen molar-refractivity contribution in [3.05, 3.63) is 34.1 Å². The Hall–Kier alpha value is -1.14. The second kappa shape index (κ2) is 11.3. The van der Waals surface area contributed by atoms with Crippen LogP contribution in [0.25, 0.3) is 0 Å². The molecule has 1 aromatic rings. The lowest BCUT2D eigenvalue weighted by molar-refractivity contribution is 0.163. The van der Waals surface area contributed by atoms with Gasteiger partial charge in [0.05, 0.1) is 0 Å². The van der Waals surface area contributed by atoms with Gasteiger partial charge in [-0.3, -0.25) is 0 Å². The molecule has 0 aromatic heterocycles. The normalized spacial score (nSPS) is 23.7. The molecule has 1 heterocycles. The third-order valence-corrected chi connectivity index (χ3v) is 7.37. The summed E-state index contributed by atoms with van der Waals surface area (Å²) in [7, 11) is 0. The number of benzene rings is 1. The Bertz CT molecular complexity index is 656. The first-order valence-electron chi connectivity index (χ1n) is 11.2. The van der Waals surface area contributed by atoms with Gasteiger partial charge in [-0.2, -0.15) is 0 Å². The highest BCUT2D eigenvalue weighted by molar-refractivity contribution is 9.10. The molecule has 1 aliphatic carbocycles. The third-order valence-electron chi connectivity index (χ3n) is 6.60. The molecule has 2 N–H and O–H groups in total. The molecule has 6 heteroatoms. The molecular formula is C23H35BrFN3O. The van der Waals surface area contributed by atoms with E-state index in [2.05, 4.69) is 31.5 Å². The van der Waals surface area contributed by atoms with Gasteiger partial charge in [0.1, 0.15) is 5.82 Å². The molecule has 0 unspecified atom stereocenters. The van der Waals surface area contributed by atoms with Crippen LogP contribution in [0.15, 0.2) is 22.7 Å². The predicted octanol–water partition coefficient (Wildman–Crippen LogP) is 5.11. The van der Waals surface area contributed by atoms with E-state index >= 15 is 0 Å². The summed E-state index contributed by atoms with van der Waals surface area (Å²) in [5.41, 5.74) is 1.10. The highest BCUT2D eigenvalue weighted by atomic mass is 79.9. The van der Waals surface area contributed by atoms with Crippen molar-refractivity contribution in [1.29, 1.82) is 0 Å². The molecule has 2 aliphatic rings. The summed E-state index contributed by atoms with van der Waals surface area (Å²) >= 11 is 3.56. The molecule has 1 aliphatic heterocycles. The fourth-order valence-corrected chi connectivity index (χ4v) is 5.19. The van der Waals surface area contributed by atoms with E-state index in [1.54, 1.807) is 6.07 Å². The summed E-state index contributed by atoms with van der Waals surface area (Å²) in [5.74, 6) is 1.31. The predicted molar refractivity (Wildman–Crippen MR) is 120 cm³/mol. The Morgan fingerprint density at radius 2 is 1.86 bits per heavy atom. The molecule has 4 nitrogen and oxygen atoms in total. The molecule has 0 atom stereocenters. The second-order valence-corrected chi connectivity index (χ2v) is 9.59. The van der Waals surface area contributed by atoms with Crippen molar-refractivity contribution in [2.75, 3.05) is 26.2 Å². The van der Waals surface area contributed by atoms with Crippen LogP contribution in [0.4, 0.5) is 9.18 Å². The number of urea groups is 1. The minimum absolute atomic E-state index is 0.0240. The number of piperidine rings is 1. The zero-order valence-electron chi connectivity index (χ0n) is 17.6. The molecule has 3 rings (SSSR count). The Labute approximate surface area is 183 Å². The van der Waals surface area contributed by atoms with E-state index in [-0.39, 0.29) is 11.8 Å². The smallest absolute Gasteiger partial charge is 0.314 e. The average molecular weight is 468 g/mol. The third kappa shape index (κ3) is 7.25. The van der Waals surface area contributed by atoms with Crippen LogP contribution in [0.1, 0.15) is 57.4 Å². The number of hydrogen-bond acceptors (Lipinski definition) is 2. The first-order valence-corrected chi connectivity index (χ1v) is 12.0. The van der Waals surface area contributed by atoms with Crippen LogP contribution in [0, 0.1) is 17.7 Å². The Morgan fingerprint density at radius 3 is 2.55 bits per heavy atom. The van der Waals surface area contributed by atoms with E-state index in [0.29, 0.717) is 18.5 Å². The van der Waals surface area contributed by atoms with Gasteiger partial charge in [-0.05, 0) is 114 Å². The van der Waals surface area contributed by atoms with Crippen LogP contribution in [-0.4, -0.2) is 43.2 Å². The molecule has 162 valence electrons. The molecule has 0 bridgehead atoms. The Balaban J connectivity index is 1.31. The van der Waals surface area contributed by atoms with Gasteiger partial charge < -0.3 is 15.5 Å². The number of likely N-dealkylation sites (tertiary alicyclic amines) is 1. The molecule has 1 aromatic carbocycles. The van der Waals surface area contributed by atoms with Crippen molar-refractivity contribution >= 4 is 22.0 Å². The summed E-state index contributed by atoms with van der Waals surface area (Å²) in [4.78, 5) is 14.3. The first kappa shape index (κ1) is 22.5. The largest absolute Gasteiger partial charge is 0.338 e. The molecule has 29 heavy (non-hydrogen) atoms. The van der Waals surface area contributed by atoms with Crippen LogP contribution in [0.3, 0.4) is 0 Å². The fraction of sp³-hybridized carbons (Fsp3) is 0.696.